The van der Waals surface area contributed by atoms with E-state index in [1.807, 2.05) is 0 Å². The molecule has 0 bridgehead atoms. The lowest BCUT2D eigenvalue weighted by Gasteiger charge is -2.36. The fourth-order valence-corrected chi connectivity index (χ4v) is 15.5. The van der Waals surface area contributed by atoms with Crippen molar-refractivity contribution in [3.05, 3.63) is 311 Å². The first kappa shape index (κ1) is 46.2. The van der Waals surface area contributed by atoms with Gasteiger partial charge >= 0.3 is 0 Å². The molecule has 1 aromatic heterocycles. The van der Waals surface area contributed by atoms with Crippen LogP contribution >= 0.6 is 0 Å². The summed E-state index contributed by atoms with van der Waals surface area (Å²) in [6, 6.07) is 101. The molecule has 4 aliphatic carbocycles. The zero-order chi connectivity index (χ0) is 53.9. The van der Waals surface area contributed by atoms with E-state index in [2.05, 4.69) is 304 Å². The second-order valence-corrected chi connectivity index (χ2v) is 23.9. The van der Waals surface area contributed by atoms with Gasteiger partial charge in [-0.3, -0.25) is 0 Å². The molecule has 4 aliphatic rings. The van der Waals surface area contributed by atoms with Crippen LogP contribution in [0.25, 0.3) is 94.3 Å². The van der Waals surface area contributed by atoms with Crippen molar-refractivity contribution < 1.29 is 0 Å². The minimum Gasteiger partial charge on any atom is -0.310 e. The molecule has 0 fully saturated rings. The average molecular weight is 1030 g/mol. The third-order valence-electron chi connectivity index (χ3n) is 19.2. The van der Waals surface area contributed by atoms with E-state index in [0.29, 0.717) is 0 Å². The van der Waals surface area contributed by atoms with Crippen molar-refractivity contribution in [2.24, 2.45) is 0 Å². The van der Waals surface area contributed by atoms with Gasteiger partial charge in [-0.25, -0.2) is 0 Å². The zero-order valence-corrected chi connectivity index (χ0v) is 45.8. The Bertz CT molecular complexity index is 4730. The Balaban J connectivity index is 0.848. The minimum atomic E-state index is -0.522. The molecule has 0 amide bonds. The van der Waals surface area contributed by atoms with E-state index in [1.54, 1.807) is 0 Å². The standard InChI is InChI=1S/C79H56N2/c1-77(2)66-27-13-8-21-56(66)61-43-42-55(46-71(61)77)81-73-44-37-52(45-64(73)65-47-63-60-25-9-14-28-67(60)78(3,4)72(63)48-75(65)81)51-35-40-54(41-36-51)80(53-38-33-50(34-39-53)49-19-6-5-7-20-49)74-32-18-26-62-59-24-12-17-31-70(59)79(76(62)74)68-29-15-10-22-57(68)58-23-11-16-30-69(58)79/h5-48H,1-4H3. The number of benzene rings is 12. The molecule has 2 nitrogen and oxygen atoms in total. The van der Waals surface area contributed by atoms with Crippen molar-refractivity contribution in [3.8, 4) is 72.4 Å². The molecule has 81 heavy (non-hydrogen) atoms. The lowest BCUT2D eigenvalue weighted by molar-refractivity contribution is 0.659. The summed E-state index contributed by atoms with van der Waals surface area (Å²) < 4.78 is 2.54. The Morgan fingerprint density at radius 2 is 0.716 bits per heavy atom. The number of nitrogens with zero attached hydrogens (tertiary/aromatic N) is 2. The topological polar surface area (TPSA) is 8.17 Å². The van der Waals surface area contributed by atoms with Gasteiger partial charge in [-0.05, 0) is 172 Å². The monoisotopic (exact) mass is 1030 g/mol. The van der Waals surface area contributed by atoms with Crippen LogP contribution in [0.4, 0.5) is 17.1 Å². The predicted molar refractivity (Wildman–Crippen MR) is 338 cm³/mol. The Hall–Kier alpha value is -9.76. The smallest absolute Gasteiger partial charge is 0.0746 e. The summed E-state index contributed by atoms with van der Waals surface area (Å²) in [6.07, 6.45) is 0. The highest BCUT2D eigenvalue weighted by molar-refractivity contribution is 6.13. The van der Waals surface area contributed by atoms with E-state index in [1.165, 1.54) is 144 Å². The number of aromatic nitrogens is 1. The summed E-state index contributed by atoms with van der Waals surface area (Å²) in [6.45, 7) is 9.55. The van der Waals surface area contributed by atoms with Crippen molar-refractivity contribution in [3.63, 3.8) is 0 Å². The molecule has 1 heterocycles. The van der Waals surface area contributed by atoms with Crippen molar-refractivity contribution in [2.75, 3.05) is 4.90 Å². The van der Waals surface area contributed by atoms with Gasteiger partial charge in [0.15, 0.2) is 0 Å². The highest BCUT2D eigenvalue weighted by Gasteiger charge is 2.53. The van der Waals surface area contributed by atoms with Crippen molar-refractivity contribution in [1.29, 1.82) is 0 Å². The molecule has 0 unspecified atom stereocenters. The van der Waals surface area contributed by atoms with Gasteiger partial charge in [0, 0.05) is 44.2 Å². The van der Waals surface area contributed by atoms with Crippen LogP contribution in [0.3, 0.4) is 0 Å². The van der Waals surface area contributed by atoms with Gasteiger partial charge in [0.05, 0.1) is 22.1 Å². The van der Waals surface area contributed by atoms with E-state index >= 15 is 0 Å². The molecule has 1 spiro atoms. The van der Waals surface area contributed by atoms with Gasteiger partial charge < -0.3 is 9.47 Å². The summed E-state index contributed by atoms with van der Waals surface area (Å²) in [4.78, 5) is 2.52. The van der Waals surface area contributed by atoms with Gasteiger partial charge in [-0.1, -0.05) is 228 Å². The van der Waals surface area contributed by atoms with Crippen LogP contribution in [-0.2, 0) is 16.2 Å². The lowest BCUT2D eigenvalue weighted by atomic mass is 9.70. The van der Waals surface area contributed by atoms with E-state index in [9.17, 15) is 0 Å². The molecule has 0 saturated carbocycles. The molecule has 0 saturated heterocycles. The van der Waals surface area contributed by atoms with Crippen LogP contribution in [0, 0.1) is 0 Å². The van der Waals surface area contributed by atoms with Gasteiger partial charge in [0.1, 0.15) is 0 Å². The van der Waals surface area contributed by atoms with Crippen molar-refractivity contribution in [2.45, 2.75) is 43.9 Å². The van der Waals surface area contributed by atoms with Crippen LogP contribution in [0.2, 0.25) is 0 Å². The fourth-order valence-electron chi connectivity index (χ4n) is 15.5. The van der Waals surface area contributed by atoms with Crippen molar-refractivity contribution in [1.82, 2.24) is 4.57 Å². The maximum Gasteiger partial charge on any atom is 0.0746 e. The third kappa shape index (κ3) is 6.22. The van der Waals surface area contributed by atoms with E-state index in [4.69, 9.17) is 0 Å². The van der Waals surface area contributed by atoms with E-state index in [-0.39, 0.29) is 10.8 Å². The average Bonchev–Trinajstić information content (AvgIpc) is 4.41. The Morgan fingerprint density at radius 3 is 1.31 bits per heavy atom. The largest absolute Gasteiger partial charge is 0.310 e. The zero-order valence-electron chi connectivity index (χ0n) is 45.8. The quantitative estimate of drug-likeness (QED) is 0.161. The number of hydrogen-bond donors (Lipinski definition) is 0. The number of fused-ring (bicyclic) bond motifs is 19. The van der Waals surface area contributed by atoms with Crippen LogP contribution in [-0.4, -0.2) is 4.57 Å². The van der Waals surface area contributed by atoms with E-state index < -0.39 is 5.41 Å². The summed E-state index contributed by atoms with van der Waals surface area (Å²) >= 11 is 0. The molecular weight excluding hydrogens is 977 g/mol. The number of hydrogen-bond acceptors (Lipinski definition) is 1. The maximum absolute atomic E-state index is 2.54. The normalized spacial score (nSPS) is 14.7. The molecular formula is C79H56N2. The SMILES string of the molecule is CC1(C)c2ccccc2-c2ccc(-n3c4ccc(-c5ccc(N(c6ccc(-c7ccccc7)cc6)c6cccc7c6C6(c8ccccc8-c8ccccc86)c6ccccc6-7)cc5)cc4c4cc5c(cc43)C(C)(C)c3ccccc3-5)cc21. The summed E-state index contributed by atoms with van der Waals surface area (Å²) in [5.74, 6) is 0. The highest BCUT2D eigenvalue weighted by Crippen LogP contribution is 2.65. The van der Waals surface area contributed by atoms with Crippen molar-refractivity contribution >= 4 is 38.9 Å². The Kier molecular flexibility index (Phi) is 9.49. The summed E-state index contributed by atoms with van der Waals surface area (Å²) in [5, 5.41) is 2.52. The van der Waals surface area contributed by atoms with E-state index in [0.717, 1.165) is 11.4 Å². The van der Waals surface area contributed by atoms with Crippen LogP contribution in [0.5, 0.6) is 0 Å². The lowest BCUT2D eigenvalue weighted by Crippen LogP contribution is -2.28. The first-order valence-electron chi connectivity index (χ1n) is 28.7. The molecule has 382 valence electrons. The van der Waals surface area contributed by atoms with Gasteiger partial charge in [-0.15, -0.1) is 0 Å². The van der Waals surface area contributed by atoms with Crippen LogP contribution < -0.4 is 4.90 Å². The maximum atomic E-state index is 2.54. The summed E-state index contributed by atoms with van der Waals surface area (Å²) in [5.41, 5.74) is 32.4. The van der Waals surface area contributed by atoms with Crippen LogP contribution in [0.1, 0.15) is 72.2 Å². The fraction of sp³-hybridized carbons (Fsp3) is 0.0886. The summed E-state index contributed by atoms with van der Waals surface area (Å²) in [7, 11) is 0. The molecule has 0 aliphatic heterocycles. The molecule has 12 aromatic carbocycles. The number of rotatable bonds is 6. The second kappa shape index (κ2) is 16.6. The molecule has 0 N–H and O–H groups in total. The van der Waals surface area contributed by atoms with Crippen LogP contribution in [0.15, 0.2) is 267 Å². The highest BCUT2D eigenvalue weighted by atomic mass is 15.1. The Labute approximate surface area is 473 Å². The first-order chi connectivity index (χ1) is 39.7. The second-order valence-electron chi connectivity index (χ2n) is 23.9. The van der Waals surface area contributed by atoms with Gasteiger partial charge in [0.25, 0.3) is 0 Å². The molecule has 13 aromatic rings. The van der Waals surface area contributed by atoms with Gasteiger partial charge in [-0.2, -0.15) is 0 Å². The first-order valence-corrected chi connectivity index (χ1v) is 28.7. The molecule has 17 rings (SSSR count). The molecule has 0 atom stereocenters. The Morgan fingerprint density at radius 1 is 0.284 bits per heavy atom. The van der Waals surface area contributed by atoms with Gasteiger partial charge in [0.2, 0.25) is 0 Å². The predicted octanol–water partition coefficient (Wildman–Crippen LogP) is 20.5. The third-order valence-corrected chi connectivity index (χ3v) is 19.2. The minimum absolute atomic E-state index is 0.119. The molecule has 0 radical (unpaired) electrons. The molecule has 2 heteroatoms. The number of anilines is 3.